The van der Waals surface area contributed by atoms with Gasteiger partial charge in [-0.25, -0.2) is 0 Å². The van der Waals surface area contributed by atoms with Crippen molar-refractivity contribution in [2.24, 2.45) is 11.1 Å². The van der Waals surface area contributed by atoms with E-state index in [9.17, 15) is 13.2 Å². The van der Waals surface area contributed by atoms with Crippen molar-refractivity contribution in [2.75, 3.05) is 13.1 Å². The zero-order chi connectivity index (χ0) is 10.8. The van der Waals surface area contributed by atoms with Crippen LogP contribution in [0.3, 0.4) is 0 Å². The smallest absolute Gasteiger partial charge is 0.327 e. The van der Waals surface area contributed by atoms with Gasteiger partial charge in [0.2, 0.25) is 0 Å². The Hall–Kier alpha value is -0.290. The summed E-state index contributed by atoms with van der Waals surface area (Å²) in [5, 5.41) is 2.43. The fourth-order valence-corrected chi connectivity index (χ4v) is 1.97. The summed E-state index contributed by atoms with van der Waals surface area (Å²) >= 11 is 0. The third-order valence-electron chi connectivity index (χ3n) is 3.01. The van der Waals surface area contributed by atoms with Crippen molar-refractivity contribution in [1.29, 1.82) is 0 Å². The summed E-state index contributed by atoms with van der Waals surface area (Å²) in [7, 11) is 0. The monoisotopic (exact) mass is 210 g/mol. The number of halogens is 3. The van der Waals surface area contributed by atoms with Crippen molar-refractivity contribution in [2.45, 2.75) is 38.4 Å². The standard InChI is InChI=1S/C9H17F3N2/c1-8(4-2-3-7(8)13)5-14-6-9(10,11)12/h7,14H,2-6,13H2,1H3. The van der Waals surface area contributed by atoms with Gasteiger partial charge in [-0.05, 0) is 18.3 Å². The molecule has 0 saturated heterocycles. The molecule has 0 aromatic heterocycles. The number of nitrogens with one attached hydrogen (secondary N) is 1. The average Bonchev–Trinajstić information content (AvgIpc) is 2.30. The number of rotatable bonds is 3. The molecule has 14 heavy (non-hydrogen) atoms. The van der Waals surface area contributed by atoms with Crippen molar-refractivity contribution < 1.29 is 13.2 Å². The lowest BCUT2D eigenvalue weighted by molar-refractivity contribution is -0.125. The van der Waals surface area contributed by atoms with E-state index in [2.05, 4.69) is 5.32 Å². The van der Waals surface area contributed by atoms with Gasteiger partial charge in [0.15, 0.2) is 0 Å². The van der Waals surface area contributed by atoms with E-state index in [1.54, 1.807) is 0 Å². The van der Waals surface area contributed by atoms with Gasteiger partial charge < -0.3 is 11.1 Å². The van der Waals surface area contributed by atoms with Crippen molar-refractivity contribution in [3.05, 3.63) is 0 Å². The molecule has 1 aliphatic rings. The number of alkyl halides is 3. The summed E-state index contributed by atoms with van der Waals surface area (Å²) in [5.41, 5.74) is 5.68. The molecule has 0 spiro atoms. The van der Waals surface area contributed by atoms with Gasteiger partial charge in [0, 0.05) is 12.6 Å². The molecule has 0 bridgehead atoms. The zero-order valence-electron chi connectivity index (χ0n) is 8.32. The molecule has 3 N–H and O–H groups in total. The minimum atomic E-state index is -4.13. The predicted molar refractivity (Wildman–Crippen MR) is 48.9 cm³/mol. The number of hydrogen-bond acceptors (Lipinski definition) is 2. The van der Waals surface area contributed by atoms with Crippen LogP contribution in [0.1, 0.15) is 26.2 Å². The van der Waals surface area contributed by atoms with Gasteiger partial charge in [-0.1, -0.05) is 13.3 Å². The minimum absolute atomic E-state index is 0.0308. The molecule has 0 radical (unpaired) electrons. The van der Waals surface area contributed by atoms with Crippen LogP contribution in [0, 0.1) is 5.41 Å². The summed E-state index contributed by atoms with van der Waals surface area (Å²) in [6.07, 6.45) is -1.27. The molecule has 0 aliphatic heterocycles. The van der Waals surface area contributed by atoms with E-state index in [0.29, 0.717) is 6.54 Å². The maximum Gasteiger partial charge on any atom is 0.401 e. The van der Waals surface area contributed by atoms with Crippen LogP contribution < -0.4 is 11.1 Å². The van der Waals surface area contributed by atoms with Gasteiger partial charge in [0.1, 0.15) is 0 Å². The Labute approximate surface area is 82.0 Å². The van der Waals surface area contributed by atoms with Crippen LogP contribution in [-0.4, -0.2) is 25.3 Å². The Morgan fingerprint density at radius 1 is 1.50 bits per heavy atom. The average molecular weight is 210 g/mol. The van der Waals surface area contributed by atoms with E-state index in [1.165, 1.54) is 0 Å². The van der Waals surface area contributed by atoms with E-state index in [0.717, 1.165) is 19.3 Å². The van der Waals surface area contributed by atoms with Gasteiger partial charge in [0.25, 0.3) is 0 Å². The number of hydrogen-bond donors (Lipinski definition) is 2. The lowest BCUT2D eigenvalue weighted by atomic mass is 9.85. The summed E-state index contributed by atoms with van der Waals surface area (Å²) in [5.74, 6) is 0. The summed E-state index contributed by atoms with van der Waals surface area (Å²) in [4.78, 5) is 0. The Bertz CT molecular complexity index is 193. The quantitative estimate of drug-likeness (QED) is 0.743. The maximum atomic E-state index is 11.9. The highest BCUT2D eigenvalue weighted by Crippen LogP contribution is 2.35. The predicted octanol–water partition coefficient (Wildman–Crippen LogP) is 1.66. The summed E-state index contributed by atoms with van der Waals surface area (Å²) < 4.78 is 35.6. The molecule has 0 aromatic rings. The van der Waals surface area contributed by atoms with Crippen molar-refractivity contribution in [3.63, 3.8) is 0 Å². The van der Waals surface area contributed by atoms with Gasteiger partial charge in [-0.3, -0.25) is 0 Å². The highest BCUT2D eigenvalue weighted by Gasteiger charge is 2.37. The lowest BCUT2D eigenvalue weighted by Gasteiger charge is -2.29. The Balaban J connectivity index is 2.30. The van der Waals surface area contributed by atoms with Crippen LogP contribution in [0.4, 0.5) is 13.2 Å². The van der Waals surface area contributed by atoms with Crippen LogP contribution in [0.15, 0.2) is 0 Å². The first kappa shape index (κ1) is 11.8. The van der Waals surface area contributed by atoms with Crippen LogP contribution in [0.5, 0.6) is 0 Å². The normalized spacial score (nSPS) is 33.6. The van der Waals surface area contributed by atoms with Crippen molar-refractivity contribution >= 4 is 0 Å². The summed E-state index contributed by atoms with van der Waals surface area (Å²) in [6, 6.07) is 0.0308. The number of nitrogens with two attached hydrogens (primary N) is 1. The van der Waals surface area contributed by atoms with Gasteiger partial charge in [-0.15, -0.1) is 0 Å². The largest absolute Gasteiger partial charge is 0.401 e. The van der Waals surface area contributed by atoms with E-state index >= 15 is 0 Å². The second-order valence-corrected chi connectivity index (χ2v) is 4.37. The highest BCUT2D eigenvalue weighted by molar-refractivity contribution is 4.92. The molecule has 1 fully saturated rings. The van der Waals surface area contributed by atoms with Gasteiger partial charge in [0.05, 0.1) is 6.54 Å². The SMILES string of the molecule is CC1(CNCC(F)(F)F)CCCC1N. The molecule has 0 amide bonds. The molecule has 5 heteroatoms. The molecule has 2 nitrogen and oxygen atoms in total. The first-order valence-corrected chi connectivity index (χ1v) is 4.86. The molecule has 1 saturated carbocycles. The first-order valence-electron chi connectivity index (χ1n) is 4.86. The molecule has 1 aliphatic carbocycles. The summed E-state index contributed by atoms with van der Waals surface area (Å²) in [6.45, 7) is 1.39. The third kappa shape index (κ3) is 3.13. The Morgan fingerprint density at radius 2 is 2.14 bits per heavy atom. The molecule has 0 heterocycles. The minimum Gasteiger partial charge on any atom is -0.327 e. The lowest BCUT2D eigenvalue weighted by Crippen LogP contribution is -2.44. The van der Waals surface area contributed by atoms with E-state index in [-0.39, 0.29) is 11.5 Å². The van der Waals surface area contributed by atoms with Crippen molar-refractivity contribution in [3.8, 4) is 0 Å². The highest BCUT2D eigenvalue weighted by atomic mass is 19.4. The zero-order valence-corrected chi connectivity index (χ0v) is 8.32. The molecule has 0 aromatic carbocycles. The Kier molecular flexibility index (Phi) is 3.42. The Morgan fingerprint density at radius 3 is 2.57 bits per heavy atom. The molecule has 84 valence electrons. The topological polar surface area (TPSA) is 38.0 Å². The van der Waals surface area contributed by atoms with Gasteiger partial charge >= 0.3 is 6.18 Å². The second-order valence-electron chi connectivity index (χ2n) is 4.37. The van der Waals surface area contributed by atoms with Crippen molar-refractivity contribution in [1.82, 2.24) is 5.32 Å². The maximum absolute atomic E-state index is 11.9. The van der Waals surface area contributed by atoms with Crippen LogP contribution >= 0.6 is 0 Å². The molecular weight excluding hydrogens is 193 g/mol. The molecule has 2 atom stereocenters. The fraction of sp³-hybridized carbons (Fsp3) is 1.00. The fourth-order valence-electron chi connectivity index (χ4n) is 1.97. The van der Waals surface area contributed by atoms with Crippen LogP contribution in [-0.2, 0) is 0 Å². The van der Waals surface area contributed by atoms with Crippen LogP contribution in [0.25, 0.3) is 0 Å². The molecule has 2 unspecified atom stereocenters. The first-order chi connectivity index (χ1) is 6.33. The third-order valence-corrected chi connectivity index (χ3v) is 3.01. The van der Waals surface area contributed by atoms with E-state index in [1.807, 2.05) is 6.92 Å². The van der Waals surface area contributed by atoms with Crippen LogP contribution in [0.2, 0.25) is 0 Å². The molecule has 1 rings (SSSR count). The second kappa shape index (κ2) is 4.06. The van der Waals surface area contributed by atoms with Gasteiger partial charge in [-0.2, -0.15) is 13.2 Å². The van der Waals surface area contributed by atoms with E-state index in [4.69, 9.17) is 5.73 Å². The molecular formula is C9H17F3N2. The van der Waals surface area contributed by atoms with E-state index < -0.39 is 12.7 Å².